The molecule has 0 aromatic heterocycles. The fourth-order valence-electron chi connectivity index (χ4n) is 3.55. The molecule has 3 aliphatic rings. The molecule has 5 heteroatoms. The van der Waals surface area contributed by atoms with Crippen molar-refractivity contribution in [2.45, 2.75) is 38.1 Å². The Bertz CT molecular complexity index is 557. The third-order valence-electron chi connectivity index (χ3n) is 4.76. The molecule has 4 rings (SSSR count). The lowest BCUT2D eigenvalue weighted by Gasteiger charge is -2.30. The van der Waals surface area contributed by atoms with E-state index in [9.17, 15) is 4.79 Å². The number of carbonyl (C=O) groups excluding carboxylic acids is 1. The van der Waals surface area contributed by atoms with Crippen LogP contribution < -0.4 is 5.32 Å². The van der Waals surface area contributed by atoms with Gasteiger partial charge in [-0.25, -0.2) is 0 Å². The fraction of sp³-hybridized carbons (Fsp3) is 0.562. The van der Waals surface area contributed by atoms with E-state index in [-0.39, 0.29) is 36.8 Å². The van der Waals surface area contributed by atoms with Crippen molar-refractivity contribution in [2.75, 3.05) is 19.6 Å². The van der Waals surface area contributed by atoms with Crippen LogP contribution >= 0.6 is 24.8 Å². The lowest BCUT2D eigenvalue weighted by molar-refractivity contribution is 0.0690. The van der Waals surface area contributed by atoms with Crippen LogP contribution in [0.1, 0.15) is 58.8 Å². The molecule has 1 N–H and O–H groups in total. The summed E-state index contributed by atoms with van der Waals surface area (Å²) in [5, 5.41) is 3.43. The second-order valence-electron chi connectivity index (χ2n) is 6.00. The Labute approximate surface area is 138 Å². The molecule has 1 atom stereocenters. The van der Waals surface area contributed by atoms with Gasteiger partial charge in [0.15, 0.2) is 0 Å². The van der Waals surface area contributed by atoms with Crippen molar-refractivity contribution in [2.24, 2.45) is 0 Å². The summed E-state index contributed by atoms with van der Waals surface area (Å²) in [5.41, 5.74) is 5.07. The molecule has 1 saturated carbocycles. The molecular formula is C16H22Cl2N2O. The summed E-state index contributed by atoms with van der Waals surface area (Å²) >= 11 is 0. The van der Waals surface area contributed by atoms with Crippen LogP contribution in [0.5, 0.6) is 0 Å². The molecule has 1 aliphatic carbocycles. The maximum Gasteiger partial charge on any atom is 0.255 e. The van der Waals surface area contributed by atoms with Crippen molar-refractivity contribution in [3.63, 3.8) is 0 Å². The highest BCUT2D eigenvalue weighted by molar-refractivity contribution is 6.01. The van der Waals surface area contributed by atoms with Crippen LogP contribution in [-0.2, 0) is 6.42 Å². The number of hydrogen-bond donors (Lipinski definition) is 1. The van der Waals surface area contributed by atoms with Gasteiger partial charge in [-0.2, -0.15) is 0 Å². The van der Waals surface area contributed by atoms with Crippen LogP contribution in [0.15, 0.2) is 12.1 Å². The van der Waals surface area contributed by atoms with Gasteiger partial charge in [-0.3, -0.25) is 4.79 Å². The smallest absolute Gasteiger partial charge is 0.255 e. The van der Waals surface area contributed by atoms with Gasteiger partial charge in [-0.1, -0.05) is 19.1 Å². The molecule has 2 aliphatic heterocycles. The number of halogens is 2. The van der Waals surface area contributed by atoms with E-state index in [4.69, 9.17) is 0 Å². The minimum Gasteiger partial charge on any atom is -0.329 e. The number of nitrogens with zero attached hydrogens (tertiary/aromatic N) is 1. The quantitative estimate of drug-likeness (QED) is 0.904. The van der Waals surface area contributed by atoms with Crippen molar-refractivity contribution in [3.05, 3.63) is 34.4 Å². The number of piperazine rings is 1. The predicted molar refractivity (Wildman–Crippen MR) is 88.9 cm³/mol. The van der Waals surface area contributed by atoms with Crippen LogP contribution in [0.2, 0.25) is 0 Å². The molecule has 2 heterocycles. The summed E-state index contributed by atoms with van der Waals surface area (Å²) in [6.07, 6.45) is 3.58. The summed E-state index contributed by atoms with van der Waals surface area (Å²) in [7, 11) is 0. The van der Waals surface area contributed by atoms with Crippen LogP contribution in [0, 0.1) is 0 Å². The van der Waals surface area contributed by atoms with Gasteiger partial charge in [0.1, 0.15) is 0 Å². The molecule has 0 unspecified atom stereocenters. The molecule has 0 bridgehead atoms. The summed E-state index contributed by atoms with van der Waals surface area (Å²) in [5.74, 6) is 0.935. The second kappa shape index (κ2) is 6.15. The molecule has 1 aromatic rings. The number of hydrogen-bond acceptors (Lipinski definition) is 2. The van der Waals surface area contributed by atoms with E-state index >= 15 is 0 Å². The Morgan fingerprint density at radius 2 is 1.95 bits per heavy atom. The largest absolute Gasteiger partial charge is 0.329 e. The van der Waals surface area contributed by atoms with E-state index in [1.54, 1.807) is 0 Å². The average Bonchev–Trinajstić information content (AvgIpc) is 3.26. The van der Waals surface area contributed by atoms with Gasteiger partial charge in [0.25, 0.3) is 5.91 Å². The normalized spacial score (nSPS) is 23.0. The monoisotopic (exact) mass is 328 g/mol. The van der Waals surface area contributed by atoms with Gasteiger partial charge >= 0.3 is 0 Å². The van der Waals surface area contributed by atoms with Crippen molar-refractivity contribution in [3.8, 4) is 0 Å². The maximum atomic E-state index is 12.7. The zero-order valence-corrected chi connectivity index (χ0v) is 13.9. The Morgan fingerprint density at radius 1 is 1.24 bits per heavy atom. The van der Waals surface area contributed by atoms with E-state index in [1.165, 1.54) is 29.5 Å². The van der Waals surface area contributed by atoms with Gasteiger partial charge in [0.2, 0.25) is 0 Å². The Morgan fingerprint density at radius 3 is 2.62 bits per heavy atom. The molecule has 1 aromatic carbocycles. The summed E-state index contributed by atoms with van der Waals surface area (Å²) in [6.45, 7) is 4.89. The topological polar surface area (TPSA) is 32.3 Å². The van der Waals surface area contributed by atoms with Crippen LogP contribution in [0.3, 0.4) is 0 Å². The predicted octanol–water partition coefficient (Wildman–Crippen LogP) is 3.07. The third-order valence-corrected chi connectivity index (χ3v) is 4.76. The van der Waals surface area contributed by atoms with Crippen molar-refractivity contribution < 1.29 is 4.79 Å². The molecule has 1 amide bonds. The molecule has 1 saturated heterocycles. The Kier molecular flexibility index (Phi) is 4.86. The number of benzene rings is 1. The number of aryl methyl sites for hydroxylation is 1. The molecular weight excluding hydrogens is 307 g/mol. The van der Waals surface area contributed by atoms with Gasteiger partial charge in [0, 0.05) is 25.2 Å². The average molecular weight is 329 g/mol. The molecule has 0 spiro atoms. The van der Waals surface area contributed by atoms with E-state index in [0.717, 1.165) is 31.6 Å². The Balaban J connectivity index is 0.000000807. The maximum absolute atomic E-state index is 12.7. The lowest BCUT2D eigenvalue weighted by Crippen LogP contribution is -2.44. The van der Waals surface area contributed by atoms with Gasteiger partial charge in [0.05, 0.1) is 6.04 Å². The van der Waals surface area contributed by atoms with Gasteiger partial charge in [-0.05, 0) is 41.9 Å². The number of amides is 1. The number of nitrogens with one attached hydrogen (secondary N) is 1. The summed E-state index contributed by atoms with van der Waals surface area (Å²) in [6, 6.07) is 4.84. The van der Waals surface area contributed by atoms with Crippen LogP contribution in [0.4, 0.5) is 0 Å². The molecule has 2 fully saturated rings. The van der Waals surface area contributed by atoms with E-state index < -0.39 is 0 Å². The Hall–Kier alpha value is -0.770. The van der Waals surface area contributed by atoms with Gasteiger partial charge < -0.3 is 10.2 Å². The minimum atomic E-state index is 0. The first kappa shape index (κ1) is 16.6. The zero-order chi connectivity index (χ0) is 13.0. The first-order valence-corrected chi connectivity index (χ1v) is 7.48. The number of carbonyl (C=O) groups is 1. The molecule has 116 valence electrons. The third kappa shape index (κ3) is 2.56. The zero-order valence-electron chi connectivity index (χ0n) is 12.2. The summed E-state index contributed by atoms with van der Waals surface area (Å²) in [4.78, 5) is 14.8. The van der Waals surface area contributed by atoms with Crippen molar-refractivity contribution in [1.29, 1.82) is 0 Å². The second-order valence-corrected chi connectivity index (χ2v) is 6.00. The fourth-order valence-corrected chi connectivity index (χ4v) is 3.55. The standard InChI is InChI=1S/C16H20N2O.2ClH/c1-2-10-7-12(11-3-4-11)15-13(8-10)14-9-17-5-6-18(14)16(15)19;;/h7-8,11,14,17H,2-6,9H2,1H3;2*1H/t14-;;/m0../s1. The lowest BCUT2D eigenvalue weighted by atomic mass is 9.93. The highest BCUT2D eigenvalue weighted by atomic mass is 35.5. The first-order valence-electron chi connectivity index (χ1n) is 7.48. The van der Waals surface area contributed by atoms with Crippen molar-refractivity contribution >= 4 is 30.7 Å². The number of rotatable bonds is 2. The van der Waals surface area contributed by atoms with E-state index in [2.05, 4.69) is 29.3 Å². The number of fused-ring (bicyclic) bond motifs is 3. The van der Waals surface area contributed by atoms with Crippen molar-refractivity contribution in [1.82, 2.24) is 10.2 Å². The molecule has 21 heavy (non-hydrogen) atoms. The highest BCUT2D eigenvalue weighted by Crippen LogP contribution is 2.47. The van der Waals surface area contributed by atoms with Gasteiger partial charge in [-0.15, -0.1) is 24.8 Å². The SMILES string of the molecule is CCc1cc(C2CC2)c2c(c1)[C@@H]1CNCCN1C2=O.Cl.Cl. The highest BCUT2D eigenvalue weighted by Gasteiger charge is 2.42. The van der Waals surface area contributed by atoms with Crippen LogP contribution in [0.25, 0.3) is 0 Å². The molecule has 0 radical (unpaired) electrons. The summed E-state index contributed by atoms with van der Waals surface area (Å²) < 4.78 is 0. The molecule has 3 nitrogen and oxygen atoms in total. The first-order chi connectivity index (χ1) is 9.29. The van der Waals surface area contributed by atoms with Crippen LogP contribution in [-0.4, -0.2) is 30.4 Å². The minimum absolute atomic E-state index is 0. The van der Waals surface area contributed by atoms with E-state index in [0.29, 0.717) is 5.92 Å². The van der Waals surface area contributed by atoms with E-state index in [1.807, 2.05) is 0 Å².